The fourth-order valence-corrected chi connectivity index (χ4v) is 3.84. The minimum absolute atomic E-state index is 0.00781. The van der Waals surface area contributed by atoms with Crippen LogP contribution in [0.4, 0.5) is 9.18 Å². The van der Waals surface area contributed by atoms with Crippen molar-refractivity contribution >= 4 is 14.2 Å². The second kappa shape index (κ2) is 6.79. The molecule has 6 heteroatoms. The van der Waals surface area contributed by atoms with Crippen LogP contribution < -0.4 is 5.32 Å². The van der Waals surface area contributed by atoms with Gasteiger partial charge in [-0.1, -0.05) is 31.8 Å². The van der Waals surface area contributed by atoms with E-state index in [1.54, 1.807) is 11.0 Å². The van der Waals surface area contributed by atoms with E-state index in [-0.39, 0.29) is 17.8 Å². The maximum atomic E-state index is 13.5. The molecule has 2 N–H and O–H groups in total. The molecule has 0 saturated carbocycles. The summed E-state index contributed by atoms with van der Waals surface area (Å²) in [5.74, 6) is -0.263. The van der Waals surface area contributed by atoms with Crippen molar-refractivity contribution in [3.63, 3.8) is 0 Å². The standard InChI is InChI=1S/C16H25FN2O2Si/c1-22(2,3)8-7-19(16(20)21)15-11-18-10-14(15)12-5-4-6-13(17)9-12/h4-6,9,14-15,18H,7-8,10-11H2,1-3H3,(H,20,21). The summed E-state index contributed by atoms with van der Waals surface area (Å²) in [6, 6.07) is 7.31. The summed E-state index contributed by atoms with van der Waals surface area (Å²) in [6.07, 6.45) is -0.881. The van der Waals surface area contributed by atoms with Crippen molar-refractivity contribution in [1.29, 1.82) is 0 Å². The monoisotopic (exact) mass is 324 g/mol. The predicted molar refractivity (Wildman–Crippen MR) is 88.7 cm³/mol. The van der Waals surface area contributed by atoms with Crippen molar-refractivity contribution in [2.24, 2.45) is 0 Å². The van der Waals surface area contributed by atoms with Crippen molar-refractivity contribution in [3.05, 3.63) is 35.6 Å². The molecule has 1 amide bonds. The second-order valence-electron chi connectivity index (χ2n) is 7.17. The minimum Gasteiger partial charge on any atom is -0.465 e. The Morgan fingerprint density at radius 3 is 2.73 bits per heavy atom. The molecule has 1 fully saturated rings. The number of hydrogen-bond donors (Lipinski definition) is 2. The summed E-state index contributed by atoms with van der Waals surface area (Å²) in [7, 11) is -1.31. The van der Waals surface area contributed by atoms with Crippen LogP contribution in [0.5, 0.6) is 0 Å². The Balaban J connectivity index is 2.17. The van der Waals surface area contributed by atoms with E-state index in [2.05, 4.69) is 25.0 Å². The first-order valence-corrected chi connectivity index (χ1v) is 11.4. The molecule has 0 radical (unpaired) electrons. The lowest BCUT2D eigenvalue weighted by Crippen LogP contribution is -2.45. The van der Waals surface area contributed by atoms with E-state index >= 15 is 0 Å². The number of carbonyl (C=O) groups is 1. The predicted octanol–water partition coefficient (Wildman–Crippen LogP) is 3.20. The van der Waals surface area contributed by atoms with Crippen molar-refractivity contribution in [2.75, 3.05) is 19.6 Å². The summed E-state index contributed by atoms with van der Waals surface area (Å²) in [4.78, 5) is 13.2. The van der Waals surface area contributed by atoms with Crippen molar-refractivity contribution in [1.82, 2.24) is 10.2 Å². The molecule has 4 nitrogen and oxygen atoms in total. The third-order valence-corrected chi connectivity index (χ3v) is 5.93. The molecule has 1 aromatic carbocycles. The van der Waals surface area contributed by atoms with E-state index < -0.39 is 14.2 Å². The van der Waals surface area contributed by atoms with Crippen LogP contribution in [0.15, 0.2) is 24.3 Å². The summed E-state index contributed by atoms with van der Waals surface area (Å²) in [6.45, 7) is 8.59. The molecule has 22 heavy (non-hydrogen) atoms. The van der Waals surface area contributed by atoms with Crippen LogP contribution in [-0.2, 0) is 0 Å². The largest absolute Gasteiger partial charge is 0.465 e. The fraction of sp³-hybridized carbons (Fsp3) is 0.562. The van der Waals surface area contributed by atoms with E-state index in [0.29, 0.717) is 19.6 Å². The number of nitrogens with zero attached hydrogens (tertiary/aromatic N) is 1. The van der Waals surface area contributed by atoms with Gasteiger partial charge in [0, 0.05) is 33.6 Å². The van der Waals surface area contributed by atoms with Gasteiger partial charge in [0.05, 0.1) is 6.04 Å². The number of benzene rings is 1. The van der Waals surface area contributed by atoms with Gasteiger partial charge in [0.25, 0.3) is 0 Å². The highest BCUT2D eigenvalue weighted by atomic mass is 28.3. The highest BCUT2D eigenvalue weighted by Crippen LogP contribution is 2.28. The Kier molecular flexibility index (Phi) is 5.23. The smallest absolute Gasteiger partial charge is 0.407 e. The fourth-order valence-electron chi connectivity index (χ4n) is 2.93. The second-order valence-corrected chi connectivity index (χ2v) is 12.8. The number of hydrogen-bond acceptors (Lipinski definition) is 2. The molecule has 122 valence electrons. The number of carboxylic acid groups (broad SMARTS) is 1. The summed E-state index contributed by atoms with van der Waals surface area (Å²) in [5, 5.41) is 12.8. The van der Waals surface area contributed by atoms with Crippen LogP contribution in [-0.4, -0.2) is 49.8 Å². The van der Waals surface area contributed by atoms with Gasteiger partial charge in [0.15, 0.2) is 0 Å². The average Bonchev–Trinajstić information content (AvgIpc) is 2.86. The minimum atomic E-state index is -1.31. The zero-order chi connectivity index (χ0) is 16.3. The van der Waals surface area contributed by atoms with Crippen LogP contribution in [0, 0.1) is 5.82 Å². The first kappa shape index (κ1) is 17.0. The van der Waals surface area contributed by atoms with E-state index in [9.17, 15) is 14.3 Å². The average molecular weight is 324 g/mol. The normalized spacial score (nSPS) is 21.8. The topological polar surface area (TPSA) is 52.6 Å². The summed E-state index contributed by atoms with van der Waals surface area (Å²) < 4.78 is 13.5. The maximum Gasteiger partial charge on any atom is 0.407 e. The van der Waals surface area contributed by atoms with E-state index in [1.807, 2.05) is 6.07 Å². The van der Waals surface area contributed by atoms with Gasteiger partial charge in [-0.3, -0.25) is 0 Å². The van der Waals surface area contributed by atoms with Crippen LogP contribution >= 0.6 is 0 Å². The molecule has 2 unspecified atom stereocenters. The number of nitrogens with one attached hydrogen (secondary N) is 1. The van der Waals surface area contributed by atoms with Crippen LogP contribution in [0.1, 0.15) is 11.5 Å². The van der Waals surface area contributed by atoms with Gasteiger partial charge in [-0.05, 0) is 23.7 Å². The molecule has 1 aliphatic heterocycles. The number of rotatable bonds is 5. The Bertz CT molecular complexity index is 533. The Morgan fingerprint density at radius 1 is 1.41 bits per heavy atom. The van der Waals surface area contributed by atoms with Crippen molar-refractivity contribution in [2.45, 2.75) is 37.6 Å². The van der Waals surface area contributed by atoms with E-state index in [4.69, 9.17) is 0 Å². The lowest BCUT2D eigenvalue weighted by atomic mass is 9.93. The first-order valence-electron chi connectivity index (χ1n) is 7.74. The quantitative estimate of drug-likeness (QED) is 0.818. The van der Waals surface area contributed by atoms with Gasteiger partial charge in [-0.25, -0.2) is 9.18 Å². The van der Waals surface area contributed by atoms with Gasteiger partial charge in [0.2, 0.25) is 0 Å². The molecule has 1 aromatic rings. The Labute approximate surface area is 132 Å². The molecule has 0 aromatic heterocycles. The van der Waals surface area contributed by atoms with Crippen molar-refractivity contribution < 1.29 is 14.3 Å². The molecule has 2 rings (SSSR count). The van der Waals surface area contributed by atoms with Crippen LogP contribution in [0.2, 0.25) is 25.7 Å². The van der Waals surface area contributed by atoms with Gasteiger partial charge >= 0.3 is 6.09 Å². The van der Waals surface area contributed by atoms with E-state index in [0.717, 1.165) is 11.6 Å². The Morgan fingerprint density at radius 2 is 2.14 bits per heavy atom. The van der Waals surface area contributed by atoms with Gasteiger partial charge < -0.3 is 15.3 Å². The molecular weight excluding hydrogens is 299 g/mol. The zero-order valence-electron chi connectivity index (χ0n) is 13.5. The summed E-state index contributed by atoms with van der Waals surface area (Å²) >= 11 is 0. The third-order valence-electron chi connectivity index (χ3n) is 4.21. The SMILES string of the molecule is C[Si](C)(C)CCN(C(=O)O)C1CNCC1c1cccc(F)c1. The molecule has 0 bridgehead atoms. The molecule has 1 aliphatic rings. The van der Waals surface area contributed by atoms with Gasteiger partial charge in [-0.2, -0.15) is 0 Å². The lowest BCUT2D eigenvalue weighted by molar-refractivity contribution is 0.127. The van der Waals surface area contributed by atoms with Gasteiger partial charge in [-0.15, -0.1) is 0 Å². The van der Waals surface area contributed by atoms with Crippen molar-refractivity contribution in [3.8, 4) is 0 Å². The van der Waals surface area contributed by atoms with E-state index in [1.165, 1.54) is 12.1 Å². The Hall–Kier alpha value is -1.40. The van der Waals surface area contributed by atoms with Gasteiger partial charge in [0.1, 0.15) is 5.82 Å². The first-order chi connectivity index (χ1) is 10.3. The highest BCUT2D eigenvalue weighted by molar-refractivity contribution is 6.76. The lowest BCUT2D eigenvalue weighted by Gasteiger charge is -2.32. The molecule has 2 atom stereocenters. The molecule has 1 heterocycles. The highest BCUT2D eigenvalue weighted by Gasteiger charge is 2.36. The molecule has 0 spiro atoms. The summed E-state index contributed by atoms with van der Waals surface area (Å²) in [5.41, 5.74) is 0.870. The molecule has 1 saturated heterocycles. The third kappa shape index (κ3) is 4.30. The van der Waals surface area contributed by atoms with Crippen LogP contribution in [0.3, 0.4) is 0 Å². The maximum absolute atomic E-state index is 13.5. The number of halogens is 1. The van der Waals surface area contributed by atoms with Crippen LogP contribution in [0.25, 0.3) is 0 Å². The number of amides is 1. The molecule has 0 aliphatic carbocycles. The zero-order valence-corrected chi connectivity index (χ0v) is 14.5. The molecular formula is C16H25FN2O2Si.